The zero-order valence-corrected chi connectivity index (χ0v) is 14.3. The monoisotopic (exact) mass is 310 g/mol. The van der Waals surface area contributed by atoms with Crippen LogP contribution in [0.3, 0.4) is 0 Å². The van der Waals surface area contributed by atoms with Crippen molar-refractivity contribution in [1.29, 1.82) is 0 Å². The van der Waals surface area contributed by atoms with Gasteiger partial charge in [0, 0.05) is 12.7 Å². The standard InChI is InChI=1S/C17H26N2O.ClH/c1-17(2,3)13-8-10-14(11-9-13)19(4)16(20)15-7-5-6-12-18-15;/h8-11,15,18H,5-7,12H2,1-4H3;1H. The van der Waals surface area contributed by atoms with Crippen LogP contribution in [0.2, 0.25) is 0 Å². The Bertz CT molecular complexity index is 459. The summed E-state index contributed by atoms with van der Waals surface area (Å²) in [7, 11) is 1.87. The molecule has 0 radical (unpaired) electrons. The molecule has 3 nitrogen and oxygen atoms in total. The molecule has 1 saturated heterocycles. The van der Waals surface area contributed by atoms with Crippen molar-refractivity contribution in [1.82, 2.24) is 5.32 Å². The Balaban J connectivity index is 0.00000220. The van der Waals surface area contributed by atoms with Crippen molar-refractivity contribution in [3.05, 3.63) is 29.8 Å². The lowest BCUT2D eigenvalue weighted by molar-refractivity contribution is -0.120. The molecular formula is C17H27ClN2O. The fraction of sp³-hybridized carbons (Fsp3) is 0.588. The van der Waals surface area contributed by atoms with E-state index in [1.165, 1.54) is 12.0 Å². The molecule has 1 amide bonds. The Morgan fingerprint density at radius 3 is 2.29 bits per heavy atom. The van der Waals surface area contributed by atoms with Crippen LogP contribution in [0.25, 0.3) is 0 Å². The van der Waals surface area contributed by atoms with E-state index in [-0.39, 0.29) is 29.8 Å². The summed E-state index contributed by atoms with van der Waals surface area (Å²) in [6.07, 6.45) is 3.26. The van der Waals surface area contributed by atoms with Gasteiger partial charge in [0.15, 0.2) is 0 Å². The van der Waals surface area contributed by atoms with Gasteiger partial charge in [-0.25, -0.2) is 0 Å². The minimum Gasteiger partial charge on any atom is -0.314 e. The lowest BCUT2D eigenvalue weighted by atomic mass is 9.87. The van der Waals surface area contributed by atoms with Gasteiger partial charge < -0.3 is 10.2 Å². The highest BCUT2D eigenvalue weighted by Crippen LogP contribution is 2.25. The van der Waals surface area contributed by atoms with Crippen LogP contribution in [0.1, 0.15) is 45.6 Å². The maximum absolute atomic E-state index is 12.4. The number of nitrogens with one attached hydrogen (secondary N) is 1. The Hall–Kier alpha value is -1.06. The van der Waals surface area contributed by atoms with Gasteiger partial charge in [-0.1, -0.05) is 39.3 Å². The van der Waals surface area contributed by atoms with Gasteiger partial charge in [-0.3, -0.25) is 4.79 Å². The van der Waals surface area contributed by atoms with Gasteiger partial charge in [-0.15, -0.1) is 12.4 Å². The van der Waals surface area contributed by atoms with Crippen LogP contribution >= 0.6 is 12.4 Å². The summed E-state index contributed by atoms with van der Waals surface area (Å²) < 4.78 is 0. The molecule has 1 fully saturated rings. The van der Waals surface area contributed by atoms with Gasteiger partial charge in [0.25, 0.3) is 0 Å². The second-order valence-electron chi connectivity index (χ2n) is 6.70. The van der Waals surface area contributed by atoms with Crippen molar-refractivity contribution < 1.29 is 4.79 Å². The first-order chi connectivity index (χ1) is 9.39. The number of halogens is 1. The molecule has 1 heterocycles. The van der Waals surface area contributed by atoms with Crippen LogP contribution in [0.4, 0.5) is 5.69 Å². The second-order valence-corrected chi connectivity index (χ2v) is 6.70. The molecule has 2 rings (SSSR count). The SMILES string of the molecule is CN(C(=O)C1CCCCN1)c1ccc(C(C)(C)C)cc1.Cl. The predicted octanol–water partition coefficient (Wildman–Crippen LogP) is 3.51. The normalized spacial score (nSPS) is 18.8. The summed E-state index contributed by atoms with van der Waals surface area (Å²) in [5.41, 5.74) is 2.40. The van der Waals surface area contributed by atoms with Crippen LogP contribution in [0, 0.1) is 0 Å². The molecule has 21 heavy (non-hydrogen) atoms. The number of nitrogens with zero attached hydrogens (tertiary/aromatic N) is 1. The van der Waals surface area contributed by atoms with Crippen molar-refractivity contribution in [2.45, 2.75) is 51.5 Å². The minimum atomic E-state index is -0.0176. The van der Waals surface area contributed by atoms with Crippen molar-refractivity contribution in [3.63, 3.8) is 0 Å². The second kappa shape index (κ2) is 7.28. The number of piperidine rings is 1. The van der Waals surface area contributed by atoms with Gasteiger partial charge in [0.2, 0.25) is 5.91 Å². The molecule has 4 heteroatoms. The number of anilines is 1. The van der Waals surface area contributed by atoms with E-state index in [0.29, 0.717) is 0 Å². The number of amides is 1. The molecule has 0 aliphatic carbocycles. The van der Waals surface area contributed by atoms with E-state index in [4.69, 9.17) is 0 Å². The molecule has 118 valence electrons. The fourth-order valence-electron chi connectivity index (χ4n) is 2.61. The number of carbonyl (C=O) groups excluding carboxylic acids is 1. The highest BCUT2D eigenvalue weighted by atomic mass is 35.5. The molecule has 1 unspecified atom stereocenters. The average molecular weight is 311 g/mol. The van der Waals surface area contributed by atoms with E-state index in [2.05, 4.69) is 38.2 Å². The zero-order valence-electron chi connectivity index (χ0n) is 13.5. The van der Waals surface area contributed by atoms with E-state index >= 15 is 0 Å². The van der Waals surface area contributed by atoms with Gasteiger partial charge >= 0.3 is 0 Å². The summed E-state index contributed by atoms with van der Waals surface area (Å²) in [6.45, 7) is 7.54. The molecule has 1 aliphatic heterocycles. The summed E-state index contributed by atoms with van der Waals surface area (Å²) in [5.74, 6) is 0.174. The van der Waals surface area contributed by atoms with Crippen molar-refractivity contribution >= 4 is 24.0 Å². The first-order valence-corrected chi connectivity index (χ1v) is 7.51. The van der Waals surface area contributed by atoms with E-state index in [1.807, 2.05) is 19.2 Å². The van der Waals surface area contributed by atoms with E-state index in [9.17, 15) is 4.79 Å². The Kier molecular flexibility index (Phi) is 6.24. The smallest absolute Gasteiger partial charge is 0.243 e. The molecule has 0 aromatic heterocycles. The van der Waals surface area contributed by atoms with Crippen molar-refractivity contribution in [2.24, 2.45) is 0 Å². The third kappa shape index (κ3) is 4.45. The number of carbonyl (C=O) groups is 1. The Morgan fingerprint density at radius 2 is 1.81 bits per heavy atom. The molecular weight excluding hydrogens is 284 g/mol. The van der Waals surface area contributed by atoms with Crippen LogP contribution in [0.15, 0.2) is 24.3 Å². The van der Waals surface area contributed by atoms with Gasteiger partial charge in [-0.2, -0.15) is 0 Å². The third-order valence-electron chi connectivity index (χ3n) is 4.06. The summed E-state index contributed by atoms with van der Waals surface area (Å²) in [4.78, 5) is 14.2. The maximum atomic E-state index is 12.4. The van der Waals surface area contributed by atoms with Crippen LogP contribution in [-0.4, -0.2) is 25.5 Å². The fourth-order valence-corrected chi connectivity index (χ4v) is 2.61. The van der Waals surface area contributed by atoms with Gasteiger partial charge in [0.05, 0.1) is 6.04 Å². The number of likely N-dealkylation sites (N-methyl/N-ethyl adjacent to an activating group) is 1. The summed E-state index contributed by atoms with van der Waals surface area (Å²) in [5, 5.41) is 3.31. The Morgan fingerprint density at radius 1 is 1.19 bits per heavy atom. The quantitative estimate of drug-likeness (QED) is 0.906. The molecule has 0 saturated carbocycles. The zero-order chi connectivity index (χ0) is 14.8. The van der Waals surface area contributed by atoms with Crippen molar-refractivity contribution in [3.8, 4) is 0 Å². The van der Waals surface area contributed by atoms with Gasteiger partial charge in [-0.05, 0) is 42.5 Å². The Labute approximate surface area is 134 Å². The average Bonchev–Trinajstić information content (AvgIpc) is 2.46. The molecule has 0 bridgehead atoms. The first kappa shape index (κ1) is 18.0. The molecule has 1 N–H and O–H groups in total. The van der Waals surface area contributed by atoms with Crippen LogP contribution in [0.5, 0.6) is 0 Å². The van der Waals surface area contributed by atoms with Crippen LogP contribution in [-0.2, 0) is 10.2 Å². The largest absolute Gasteiger partial charge is 0.314 e. The summed E-state index contributed by atoms with van der Waals surface area (Å²) >= 11 is 0. The molecule has 1 atom stereocenters. The first-order valence-electron chi connectivity index (χ1n) is 7.51. The highest BCUT2D eigenvalue weighted by molar-refractivity contribution is 5.96. The highest BCUT2D eigenvalue weighted by Gasteiger charge is 2.24. The van der Waals surface area contributed by atoms with E-state index < -0.39 is 0 Å². The molecule has 0 spiro atoms. The van der Waals surface area contributed by atoms with E-state index in [0.717, 1.165) is 25.1 Å². The predicted molar refractivity (Wildman–Crippen MR) is 91.4 cm³/mol. The van der Waals surface area contributed by atoms with E-state index in [1.54, 1.807) is 4.90 Å². The third-order valence-corrected chi connectivity index (χ3v) is 4.06. The lowest BCUT2D eigenvalue weighted by Crippen LogP contribution is -2.47. The van der Waals surface area contributed by atoms with Gasteiger partial charge in [0.1, 0.15) is 0 Å². The topological polar surface area (TPSA) is 32.3 Å². The van der Waals surface area contributed by atoms with Crippen molar-refractivity contribution in [2.75, 3.05) is 18.5 Å². The van der Waals surface area contributed by atoms with Crippen LogP contribution < -0.4 is 10.2 Å². The molecule has 1 aromatic carbocycles. The molecule has 1 aliphatic rings. The summed E-state index contributed by atoms with van der Waals surface area (Å²) in [6, 6.07) is 8.31. The number of hydrogen-bond acceptors (Lipinski definition) is 2. The maximum Gasteiger partial charge on any atom is 0.243 e. The lowest BCUT2D eigenvalue weighted by Gasteiger charge is -2.28. The minimum absolute atomic E-state index is 0. The number of hydrogen-bond donors (Lipinski definition) is 1. The number of rotatable bonds is 2. The molecule has 1 aromatic rings. The number of benzene rings is 1.